The number of rotatable bonds is 1. The van der Waals surface area contributed by atoms with Gasteiger partial charge in [-0.1, -0.05) is 12.1 Å². The van der Waals surface area contributed by atoms with Crippen molar-refractivity contribution in [1.29, 1.82) is 0 Å². The van der Waals surface area contributed by atoms with Gasteiger partial charge in [0.25, 0.3) is 0 Å². The average molecular weight is 172 g/mol. The highest BCUT2D eigenvalue weighted by Crippen LogP contribution is 2.14. The second kappa shape index (κ2) is 3.23. The maximum absolute atomic E-state index is 9.04. The van der Waals surface area contributed by atoms with Crippen molar-refractivity contribution >= 4 is 18.5 Å². The topological polar surface area (TPSA) is 45.0 Å². The zero-order valence-corrected chi connectivity index (χ0v) is 6.88. The van der Waals surface area contributed by atoms with E-state index in [1.165, 1.54) is 0 Å². The highest BCUT2D eigenvalue weighted by molar-refractivity contribution is 6.18. The van der Waals surface area contributed by atoms with E-state index in [-0.39, 0.29) is 5.75 Å². The molecule has 0 saturated heterocycles. The molecule has 0 aromatic heterocycles. The van der Waals surface area contributed by atoms with E-state index in [4.69, 9.17) is 5.11 Å². The van der Waals surface area contributed by atoms with Crippen LogP contribution >= 0.6 is 0 Å². The molecule has 2 rings (SSSR count). The fourth-order valence-electron chi connectivity index (χ4n) is 1.05. The highest BCUT2D eigenvalue weighted by atomic mass is 16.3. The highest BCUT2D eigenvalue weighted by Gasteiger charge is 1.95. The van der Waals surface area contributed by atoms with Crippen molar-refractivity contribution in [2.24, 2.45) is 9.98 Å². The third-order valence-corrected chi connectivity index (χ3v) is 1.67. The molecule has 3 nitrogen and oxygen atoms in total. The number of nitrogens with zero attached hydrogens (tertiary/aromatic N) is 2. The summed E-state index contributed by atoms with van der Waals surface area (Å²) in [6.07, 6.45) is 5.14. The van der Waals surface area contributed by atoms with Gasteiger partial charge in [0.2, 0.25) is 0 Å². The zero-order valence-electron chi connectivity index (χ0n) is 6.88. The van der Waals surface area contributed by atoms with Crippen molar-refractivity contribution in [3.63, 3.8) is 0 Å². The minimum atomic E-state index is 0.264. The van der Waals surface area contributed by atoms with Crippen molar-refractivity contribution in [3.8, 4) is 5.75 Å². The van der Waals surface area contributed by atoms with Crippen LogP contribution in [0.3, 0.4) is 0 Å². The molecule has 0 amide bonds. The first-order valence-electron chi connectivity index (χ1n) is 3.92. The van der Waals surface area contributed by atoms with Crippen LogP contribution in [0.2, 0.25) is 0 Å². The molecule has 13 heavy (non-hydrogen) atoms. The van der Waals surface area contributed by atoms with Gasteiger partial charge in [0.1, 0.15) is 5.75 Å². The SMILES string of the molecule is Oc1ccc(C=C2N=CC=N2)cc1. The normalized spacial score (nSPS) is 13.7. The molecule has 0 aliphatic carbocycles. The number of aromatic hydroxyl groups is 1. The quantitative estimate of drug-likeness (QED) is 0.690. The smallest absolute Gasteiger partial charge is 0.152 e. The summed E-state index contributed by atoms with van der Waals surface area (Å²) >= 11 is 0. The van der Waals surface area contributed by atoms with E-state index in [0.717, 1.165) is 5.56 Å². The summed E-state index contributed by atoms with van der Waals surface area (Å²) in [6, 6.07) is 6.89. The maximum Gasteiger partial charge on any atom is 0.152 e. The predicted molar refractivity (Wildman–Crippen MR) is 53.1 cm³/mol. The zero-order chi connectivity index (χ0) is 9.10. The Bertz CT molecular complexity index is 374. The molecule has 1 N–H and O–H groups in total. The largest absolute Gasteiger partial charge is 0.508 e. The van der Waals surface area contributed by atoms with E-state index in [9.17, 15) is 0 Å². The van der Waals surface area contributed by atoms with Gasteiger partial charge in [-0.15, -0.1) is 0 Å². The predicted octanol–water partition coefficient (Wildman–Crippen LogP) is 1.85. The van der Waals surface area contributed by atoms with Gasteiger partial charge in [-0.3, -0.25) is 0 Å². The van der Waals surface area contributed by atoms with Crippen LogP contribution in [-0.4, -0.2) is 17.5 Å². The molecule has 1 aliphatic heterocycles. The first-order valence-corrected chi connectivity index (χ1v) is 3.92. The van der Waals surface area contributed by atoms with Gasteiger partial charge >= 0.3 is 0 Å². The molecule has 0 spiro atoms. The van der Waals surface area contributed by atoms with Gasteiger partial charge in [-0.2, -0.15) is 0 Å². The van der Waals surface area contributed by atoms with E-state index in [1.807, 2.05) is 18.2 Å². The first kappa shape index (κ1) is 7.73. The summed E-state index contributed by atoms with van der Waals surface area (Å²) in [6.45, 7) is 0. The molecule has 1 heterocycles. The fourth-order valence-corrected chi connectivity index (χ4v) is 1.05. The van der Waals surface area contributed by atoms with Crippen LogP contribution in [0.1, 0.15) is 5.56 Å². The molecule has 0 saturated carbocycles. The Morgan fingerprint density at radius 2 is 1.62 bits per heavy atom. The molecule has 0 unspecified atom stereocenters. The lowest BCUT2D eigenvalue weighted by atomic mass is 10.2. The van der Waals surface area contributed by atoms with E-state index >= 15 is 0 Å². The molecule has 1 aromatic carbocycles. The van der Waals surface area contributed by atoms with Crippen LogP contribution < -0.4 is 0 Å². The van der Waals surface area contributed by atoms with Gasteiger partial charge in [-0.25, -0.2) is 9.98 Å². The van der Waals surface area contributed by atoms with Crippen LogP contribution in [0.25, 0.3) is 6.08 Å². The molecule has 0 bridgehead atoms. The summed E-state index contributed by atoms with van der Waals surface area (Å²) in [5.74, 6) is 0.950. The molecule has 0 fully saturated rings. The fraction of sp³-hybridized carbons (Fsp3) is 0. The Kier molecular flexibility index (Phi) is 1.92. The Morgan fingerprint density at radius 3 is 2.23 bits per heavy atom. The number of hydrogen-bond acceptors (Lipinski definition) is 3. The Morgan fingerprint density at radius 1 is 1.00 bits per heavy atom. The number of benzene rings is 1. The van der Waals surface area contributed by atoms with Crippen molar-refractivity contribution < 1.29 is 5.11 Å². The number of hydrogen-bond donors (Lipinski definition) is 1. The third kappa shape index (κ3) is 1.82. The molecular formula is C10H8N2O. The van der Waals surface area contributed by atoms with Crippen molar-refractivity contribution in [2.75, 3.05) is 0 Å². The van der Waals surface area contributed by atoms with Crippen LogP contribution in [0.15, 0.2) is 40.1 Å². The summed E-state index contributed by atoms with van der Waals surface area (Å²) in [5, 5.41) is 9.04. The van der Waals surface area contributed by atoms with E-state index in [2.05, 4.69) is 9.98 Å². The maximum atomic E-state index is 9.04. The summed E-state index contributed by atoms with van der Waals surface area (Å²) < 4.78 is 0. The number of aliphatic imine (C=N–C) groups is 2. The minimum absolute atomic E-state index is 0.264. The van der Waals surface area contributed by atoms with Crippen LogP contribution in [-0.2, 0) is 0 Å². The summed E-state index contributed by atoms with van der Waals surface area (Å²) in [5.41, 5.74) is 0.976. The van der Waals surface area contributed by atoms with Crippen LogP contribution in [0.4, 0.5) is 0 Å². The number of phenolic OH excluding ortho intramolecular Hbond substituents is 1. The number of phenols is 1. The first-order chi connectivity index (χ1) is 6.34. The average Bonchev–Trinajstić information content (AvgIpc) is 2.62. The van der Waals surface area contributed by atoms with E-state index in [0.29, 0.717) is 5.82 Å². The van der Waals surface area contributed by atoms with Gasteiger partial charge in [-0.05, 0) is 23.8 Å². The molecule has 0 radical (unpaired) electrons. The van der Waals surface area contributed by atoms with Crippen molar-refractivity contribution in [1.82, 2.24) is 0 Å². The van der Waals surface area contributed by atoms with Gasteiger partial charge < -0.3 is 5.11 Å². The molecule has 0 atom stereocenters. The molecule has 1 aromatic rings. The van der Waals surface area contributed by atoms with Gasteiger partial charge in [0, 0.05) is 12.4 Å². The van der Waals surface area contributed by atoms with Gasteiger partial charge in [0.15, 0.2) is 5.82 Å². The van der Waals surface area contributed by atoms with Crippen LogP contribution in [0, 0.1) is 0 Å². The van der Waals surface area contributed by atoms with Crippen molar-refractivity contribution in [2.45, 2.75) is 0 Å². The summed E-state index contributed by atoms with van der Waals surface area (Å²) in [4.78, 5) is 8.01. The second-order valence-electron chi connectivity index (χ2n) is 2.65. The van der Waals surface area contributed by atoms with Gasteiger partial charge in [0.05, 0.1) is 0 Å². The second-order valence-corrected chi connectivity index (χ2v) is 2.65. The monoisotopic (exact) mass is 172 g/mol. The lowest BCUT2D eigenvalue weighted by Crippen LogP contribution is -1.72. The molecule has 1 aliphatic rings. The lowest BCUT2D eigenvalue weighted by molar-refractivity contribution is 0.475. The van der Waals surface area contributed by atoms with E-state index in [1.54, 1.807) is 24.6 Å². The standard InChI is InChI=1S/C10H8N2O/c13-9-3-1-8(2-4-9)7-10-11-5-6-12-10/h1-7,13H. The minimum Gasteiger partial charge on any atom is -0.508 e. The molecular weight excluding hydrogens is 164 g/mol. The molecule has 64 valence electrons. The summed E-state index contributed by atoms with van der Waals surface area (Å²) in [7, 11) is 0. The van der Waals surface area contributed by atoms with Crippen molar-refractivity contribution in [3.05, 3.63) is 35.6 Å². The lowest BCUT2D eigenvalue weighted by Gasteiger charge is -1.94. The van der Waals surface area contributed by atoms with E-state index < -0.39 is 0 Å². The van der Waals surface area contributed by atoms with Crippen LogP contribution in [0.5, 0.6) is 5.75 Å². The third-order valence-electron chi connectivity index (χ3n) is 1.67. The molecule has 3 heteroatoms. The Hall–Kier alpha value is -1.90. The Labute approximate surface area is 75.8 Å². The Balaban J connectivity index is 2.27.